The van der Waals surface area contributed by atoms with Gasteiger partial charge in [-0.1, -0.05) is 182 Å². The molecule has 0 atom stereocenters. The Hall–Kier alpha value is -8.51. The van der Waals surface area contributed by atoms with Crippen LogP contribution in [0.5, 0.6) is 0 Å². The van der Waals surface area contributed by atoms with Crippen molar-refractivity contribution in [3.8, 4) is 11.5 Å². The Kier molecular flexibility index (Phi) is 8.83. The fourth-order valence-electron chi connectivity index (χ4n) is 10.5. The normalized spacial score (nSPS) is 11.9. The molecule has 0 radical (unpaired) electrons. The number of nitrogens with zero attached hydrogens (tertiary/aromatic N) is 2. The van der Waals surface area contributed by atoms with E-state index in [0.29, 0.717) is 5.89 Å². The third kappa shape index (κ3) is 5.94. The van der Waals surface area contributed by atoms with E-state index in [9.17, 15) is 0 Å². The quantitative estimate of drug-likeness (QED) is 0.0867. The van der Waals surface area contributed by atoms with E-state index in [-0.39, 0.29) is 0 Å². The van der Waals surface area contributed by atoms with E-state index in [1.807, 2.05) is 30.3 Å². The van der Waals surface area contributed by atoms with Gasteiger partial charge in [-0.05, 0) is 108 Å². The lowest BCUT2D eigenvalue weighted by molar-refractivity contribution is 0.623. The van der Waals surface area contributed by atoms with Crippen molar-refractivity contribution < 1.29 is 8.83 Å². The standard InChI is InChI=1S/C61H40N2O2Si/c1-5-18-43(19-6-1)61-62-52-37-35-42-33-32-41-34-36-46(40-50(41)58(42)60(52)65-61)63(54-29-17-30-55-59(54)51-38-44-20-13-14-21-45(44)39-56(51)64-55)53-28-15-16-31-57(53)66(47-22-7-2-8-23-47,48-24-9-3-10-25-48)49-26-11-4-12-27-49/h1-40H. The average molecular weight is 861 g/mol. The summed E-state index contributed by atoms with van der Waals surface area (Å²) in [6.07, 6.45) is 0. The second-order valence-corrected chi connectivity index (χ2v) is 20.8. The highest BCUT2D eigenvalue weighted by Gasteiger charge is 2.44. The van der Waals surface area contributed by atoms with Crippen LogP contribution >= 0.6 is 0 Å². The topological polar surface area (TPSA) is 42.4 Å². The molecule has 11 aromatic carbocycles. The lowest BCUT2D eigenvalue weighted by atomic mass is 9.99. The summed E-state index contributed by atoms with van der Waals surface area (Å²) in [6, 6.07) is 87.7. The summed E-state index contributed by atoms with van der Waals surface area (Å²) >= 11 is 0. The van der Waals surface area contributed by atoms with Gasteiger partial charge in [0.05, 0.1) is 11.1 Å². The predicted molar refractivity (Wildman–Crippen MR) is 278 cm³/mol. The molecule has 4 nitrogen and oxygen atoms in total. The third-order valence-corrected chi connectivity index (χ3v) is 18.2. The van der Waals surface area contributed by atoms with Gasteiger partial charge in [0, 0.05) is 27.7 Å². The third-order valence-electron chi connectivity index (χ3n) is 13.4. The van der Waals surface area contributed by atoms with Crippen LogP contribution in [-0.2, 0) is 0 Å². The number of furan rings is 1. The molecule has 310 valence electrons. The summed E-state index contributed by atoms with van der Waals surface area (Å²) in [5, 5.41) is 14.0. The van der Waals surface area contributed by atoms with Gasteiger partial charge < -0.3 is 13.7 Å². The van der Waals surface area contributed by atoms with Crippen LogP contribution < -0.4 is 25.6 Å². The maximum Gasteiger partial charge on any atom is 0.227 e. The largest absolute Gasteiger partial charge is 0.456 e. The van der Waals surface area contributed by atoms with E-state index in [4.69, 9.17) is 13.8 Å². The van der Waals surface area contributed by atoms with Crippen LogP contribution in [0.2, 0.25) is 0 Å². The molecule has 5 heteroatoms. The minimum absolute atomic E-state index is 0.608. The Balaban J connectivity index is 1.15. The van der Waals surface area contributed by atoms with Gasteiger partial charge in [0.15, 0.2) is 13.7 Å². The van der Waals surface area contributed by atoms with Gasteiger partial charge in [0.2, 0.25) is 5.89 Å². The first-order chi connectivity index (χ1) is 32.7. The summed E-state index contributed by atoms with van der Waals surface area (Å²) in [4.78, 5) is 7.51. The number of benzene rings is 11. The number of hydrogen-bond acceptors (Lipinski definition) is 4. The second-order valence-electron chi connectivity index (χ2n) is 17.0. The number of aromatic nitrogens is 1. The van der Waals surface area contributed by atoms with Gasteiger partial charge in [-0.25, -0.2) is 4.98 Å². The van der Waals surface area contributed by atoms with Gasteiger partial charge in [0.25, 0.3) is 0 Å². The van der Waals surface area contributed by atoms with Crippen molar-refractivity contribution in [3.05, 3.63) is 243 Å². The van der Waals surface area contributed by atoms with Crippen LogP contribution in [0, 0.1) is 0 Å². The molecule has 13 rings (SSSR count). The molecule has 0 unspecified atom stereocenters. The maximum atomic E-state index is 6.81. The first-order valence-corrected chi connectivity index (χ1v) is 24.4. The van der Waals surface area contributed by atoms with Gasteiger partial charge in [-0.3, -0.25) is 0 Å². The SMILES string of the molecule is c1ccc(-c2nc3ccc4ccc5ccc(N(c6ccccc6[Si](c6ccccc6)(c6ccccc6)c6ccccc6)c6cccc7oc8cc9ccccc9cc8c67)cc5c4c3o2)cc1. The lowest BCUT2D eigenvalue weighted by Gasteiger charge is -2.38. The lowest BCUT2D eigenvalue weighted by Crippen LogP contribution is -2.75. The van der Waals surface area contributed by atoms with Crippen molar-refractivity contribution in [3.63, 3.8) is 0 Å². The number of para-hydroxylation sites is 1. The van der Waals surface area contributed by atoms with Gasteiger partial charge in [-0.2, -0.15) is 0 Å². The fourth-order valence-corrected chi connectivity index (χ4v) is 15.4. The summed E-state index contributed by atoms with van der Waals surface area (Å²) in [7, 11) is -3.07. The number of hydrogen-bond donors (Lipinski definition) is 0. The summed E-state index contributed by atoms with van der Waals surface area (Å²) in [6.45, 7) is 0. The summed E-state index contributed by atoms with van der Waals surface area (Å²) in [5.41, 5.74) is 7.38. The van der Waals surface area contributed by atoms with Gasteiger partial charge in [-0.15, -0.1) is 0 Å². The number of oxazole rings is 1. The molecule has 0 saturated carbocycles. The van der Waals surface area contributed by atoms with Crippen molar-refractivity contribution in [2.45, 2.75) is 0 Å². The summed E-state index contributed by atoms with van der Waals surface area (Å²) < 4.78 is 13.6. The predicted octanol–water partition coefficient (Wildman–Crippen LogP) is 13.7. The second kappa shape index (κ2) is 15.3. The number of anilines is 3. The van der Waals surface area contributed by atoms with E-state index >= 15 is 0 Å². The van der Waals surface area contributed by atoms with Crippen molar-refractivity contribution in [1.82, 2.24) is 4.98 Å². The van der Waals surface area contributed by atoms with E-state index in [0.717, 1.165) is 82.6 Å². The first-order valence-electron chi connectivity index (χ1n) is 22.4. The zero-order chi connectivity index (χ0) is 43.6. The Morgan fingerprint density at radius 3 is 1.67 bits per heavy atom. The number of fused-ring (bicyclic) bond motifs is 9. The molecular weight excluding hydrogens is 821 g/mol. The Labute approximate surface area is 382 Å². The van der Waals surface area contributed by atoms with Crippen LogP contribution in [0.15, 0.2) is 251 Å². The Morgan fingerprint density at radius 2 is 0.955 bits per heavy atom. The molecule has 0 aliphatic heterocycles. The van der Waals surface area contributed by atoms with Crippen LogP contribution in [-0.4, -0.2) is 13.1 Å². The minimum atomic E-state index is -3.07. The molecule has 0 spiro atoms. The van der Waals surface area contributed by atoms with Crippen LogP contribution in [0.4, 0.5) is 17.1 Å². The van der Waals surface area contributed by atoms with Gasteiger partial charge >= 0.3 is 0 Å². The molecule has 0 bridgehead atoms. The minimum Gasteiger partial charge on any atom is -0.456 e. The van der Waals surface area contributed by atoms with Crippen LogP contribution in [0.3, 0.4) is 0 Å². The molecule has 0 aliphatic carbocycles. The molecule has 2 aromatic heterocycles. The van der Waals surface area contributed by atoms with Crippen LogP contribution in [0.25, 0.3) is 76.8 Å². The van der Waals surface area contributed by atoms with Crippen molar-refractivity contribution in [2.24, 2.45) is 0 Å². The van der Waals surface area contributed by atoms with Crippen molar-refractivity contribution in [1.29, 1.82) is 0 Å². The molecule has 0 amide bonds. The van der Waals surface area contributed by atoms with Crippen molar-refractivity contribution in [2.75, 3.05) is 4.90 Å². The first kappa shape index (κ1) is 38.0. The van der Waals surface area contributed by atoms with Gasteiger partial charge in [0.1, 0.15) is 16.7 Å². The Bertz CT molecular complexity index is 3840. The average Bonchev–Trinajstić information content (AvgIpc) is 4.00. The highest BCUT2D eigenvalue weighted by atomic mass is 28.3. The van der Waals surface area contributed by atoms with E-state index in [1.165, 1.54) is 26.1 Å². The zero-order valence-corrected chi connectivity index (χ0v) is 36.8. The molecular formula is C61H40N2O2Si. The smallest absolute Gasteiger partial charge is 0.227 e. The number of rotatable bonds is 8. The molecule has 2 heterocycles. The molecule has 0 saturated heterocycles. The van der Waals surface area contributed by atoms with E-state index in [2.05, 4.69) is 217 Å². The zero-order valence-electron chi connectivity index (χ0n) is 35.8. The molecule has 66 heavy (non-hydrogen) atoms. The Morgan fingerprint density at radius 1 is 0.379 bits per heavy atom. The molecule has 0 fully saturated rings. The molecule has 0 aliphatic rings. The fraction of sp³-hybridized carbons (Fsp3) is 0. The highest BCUT2D eigenvalue weighted by Crippen LogP contribution is 2.45. The highest BCUT2D eigenvalue weighted by molar-refractivity contribution is 7.20. The monoisotopic (exact) mass is 860 g/mol. The summed E-state index contributed by atoms with van der Waals surface area (Å²) in [5.74, 6) is 0.608. The molecule has 13 aromatic rings. The van der Waals surface area contributed by atoms with Crippen LogP contribution in [0.1, 0.15) is 0 Å². The van der Waals surface area contributed by atoms with Crippen molar-refractivity contribution >= 4 is 111 Å². The maximum absolute atomic E-state index is 6.81. The van der Waals surface area contributed by atoms with E-state index < -0.39 is 8.07 Å². The van der Waals surface area contributed by atoms with E-state index in [1.54, 1.807) is 0 Å². The molecule has 0 N–H and O–H groups in total.